The van der Waals surface area contributed by atoms with Gasteiger partial charge in [-0.1, -0.05) is 13.8 Å². The van der Waals surface area contributed by atoms with Crippen molar-refractivity contribution in [2.75, 3.05) is 26.8 Å². The van der Waals surface area contributed by atoms with Gasteiger partial charge in [0.1, 0.15) is 5.60 Å². The smallest absolute Gasteiger partial charge is 0.407 e. The monoisotopic (exact) mass is 328 g/mol. The second kappa shape index (κ2) is 8.88. The number of methoxy groups -OCH3 is 1. The molecule has 1 saturated carbocycles. The molecule has 0 spiro atoms. The van der Waals surface area contributed by atoms with Crippen molar-refractivity contribution in [1.29, 1.82) is 0 Å². The molecule has 136 valence electrons. The zero-order valence-corrected chi connectivity index (χ0v) is 15.8. The molecule has 1 unspecified atom stereocenters. The van der Waals surface area contributed by atoms with Gasteiger partial charge >= 0.3 is 6.09 Å². The van der Waals surface area contributed by atoms with E-state index in [4.69, 9.17) is 9.47 Å². The standard InChI is InChI=1S/C18H36N2O3/c1-14(2)18(9-10-18)13-20-15(12-22-6)8-7-11-19-16(21)23-17(3,4)5/h14-15,20H,7-13H2,1-6H3,(H,19,21). The van der Waals surface area contributed by atoms with Gasteiger partial charge in [0.15, 0.2) is 0 Å². The molecule has 1 rings (SSSR count). The van der Waals surface area contributed by atoms with Crippen LogP contribution >= 0.6 is 0 Å². The topological polar surface area (TPSA) is 59.6 Å². The Labute approximate surface area is 141 Å². The zero-order valence-electron chi connectivity index (χ0n) is 15.8. The first-order valence-corrected chi connectivity index (χ1v) is 8.88. The summed E-state index contributed by atoms with van der Waals surface area (Å²) in [6, 6.07) is 0.344. The van der Waals surface area contributed by atoms with Crippen LogP contribution in [-0.2, 0) is 9.47 Å². The SMILES string of the molecule is COCC(CCCNC(=O)OC(C)(C)C)NCC1(C(C)C)CC1. The fourth-order valence-corrected chi connectivity index (χ4v) is 2.77. The van der Waals surface area contributed by atoms with Gasteiger partial charge in [-0.2, -0.15) is 0 Å². The molecular weight excluding hydrogens is 292 g/mol. The first-order chi connectivity index (χ1) is 10.7. The van der Waals surface area contributed by atoms with Crippen molar-refractivity contribution < 1.29 is 14.3 Å². The van der Waals surface area contributed by atoms with E-state index in [9.17, 15) is 4.79 Å². The van der Waals surface area contributed by atoms with Crippen molar-refractivity contribution in [2.45, 2.75) is 71.9 Å². The van der Waals surface area contributed by atoms with E-state index in [1.165, 1.54) is 12.8 Å². The lowest BCUT2D eigenvalue weighted by Crippen LogP contribution is -2.39. The average molecular weight is 328 g/mol. The Balaban J connectivity index is 2.22. The minimum Gasteiger partial charge on any atom is -0.444 e. The molecule has 1 aliphatic carbocycles. The van der Waals surface area contributed by atoms with E-state index in [0.29, 0.717) is 24.6 Å². The maximum atomic E-state index is 11.6. The van der Waals surface area contributed by atoms with Crippen LogP contribution in [0.15, 0.2) is 0 Å². The highest BCUT2D eigenvalue weighted by Crippen LogP contribution is 2.51. The minimum atomic E-state index is -0.445. The van der Waals surface area contributed by atoms with Crippen LogP contribution in [0.5, 0.6) is 0 Å². The van der Waals surface area contributed by atoms with Crippen molar-refractivity contribution in [3.63, 3.8) is 0 Å². The van der Waals surface area contributed by atoms with Gasteiger partial charge < -0.3 is 20.1 Å². The molecule has 0 bridgehead atoms. The molecule has 2 N–H and O–H groups in total. The highest BCUT2D eigenvalue weighted by molar-refractivity contribution is 5.67. The van der Waals surface area contributed by atoms with Gasteiger partial charge in [-0.3, -0.25) is 0 Å². The highest BCUT2D eigenvalue weighted by atomic mass is 16.6. The first kappa shape index (κ1) is 20.2. The van der Waals surface area contributed by atoms with Gasteiger partial charge in [-0.15, -0.1) is 0 Å². The fraction of sp³-hybridized carbons (Fsp3) is 0.944. The molecule has 0 aromatic rings. The van der Waals surface area contributed by atoms with E-state index < -0.39 is 5.60 Å². The fourth-order valence-electron chi connectivity index (χ4n) is 2.77. The third-order valence-electron chi connectivity index (χ3n) is 4.63. The Hall–Kier alpha value is -0.810. The highest BCUT2D eigenvalue weighted by Gasteiger charge is 2.44. The number of alkyl carbamates (subject to hydrolysis) is 1. The molecule has 0 aromatic carbocycles. The van der Waals surface area contributed by atoms with Gasteiger partial charge in [-0.05, 0) is 57.8 Å². The molecule has 1 atom stereocenters. The summed E-state index contributed by atoms with van der Waals surface area (Å²) in [7, 11) is 1.74. The van der Waals surface area contributed by atoms with Gasteiger partial charge in [0, 0.05) is 26.2 Å². The molecule has 0 aliphatic heterocycles. The number of hydrogen-bond acceptors (Lipinski definition) is 4. The van der Waals surface area contributed by atoms with Crippen molar-refractivity contribution in [1.82, 2.24) is 10.6 Å². The summed E-state index contributed by atoms with van der Waals surface area (Å²) < 4.78 is 10.5. The lowest BCUT2D eigenvalue weighted by molar-refractivity contribution is 0.0526. The number of carbonyl (C=O) groups excluding carboxylic acids is 1. The third-order valence-corrected chi connectivity index (χ3v) is 4.63. The van der Waals surface area contributed by atoms with Crippen molar-refractivity contribution in [3.8, 4) is 0 Å². The van der Waals surface area contributed by atoms with Gasteiger partial charge in [-0.25, -0.2) is 4.79 Å². The molecule has 23 heavy (non-hydrogen) atoms. The maximum absolute atomic E-state index is 11.6. The van der Waals surface area contributed by atoms with Crippen LogP contribution in [0.1, 0.15) is 60.3 Å². The van der Waals surface area contributed by atoms with Crippen molar-refractivity contribution in [2.24, 2.45) is 11.3 Å². The number of ether oxygens (including phenoxy) is 2. The minimum absolute atomic E-state index is 0.342. The summed E-state index contributed by atoms with van der Waals surface area (Å²) in [6.45, 7) is 12.6. The van der Waals surface area contributed by atoms with Crippen LogP contribution in [0.2, 0.25) is 0 Å². The second-order valence-electron chi connectivity index (χ2n) is 8.12. The molecule has 1 amide bonds. The van der Waals surface area contributed by atoms with E-state index in [1.807, 2.05) is 20.8 Å². The van der Waals surface area contributed by atoms with E-state index in [1.54, 1.807) is 7.11 Å². The maximum Gasteiger partial charge on any atom is 0.407 e. The predicted octanol–water partition coefficient (Wildman–Crippen LogP) is 3.33. The van der Waals surface area contributed by atoms with E-state index in [2.05, 4.69) is 24.5 Å². The Morgan fingerprint density at radius 1 is 1.26 bits per heavy atom. The third kappa shape index (κ3) is 8.02. The van der Waals surface area contributed by atoms with Crippen LogP contribution in [0.3, 0.4) is 0 Å². The van der Waals surface area contributed by atoms with E-state index in [0.717, 1.165) is 25.3 Å². The summed E-state index contributed by atoms with van der Waals surface area (Å²) in [5.41, 5.74) is 0.0560. The lowest BCUT2D eigenvalue weighted by Gasteiger charge is -2.25. The quantitative estimate of drug-likeness (QED) is 0.604. The van der Waals surface area contributed by atoms with E-state index in [-0.39, 0.29) is 6.09 Å². The second-order valence-corrected chi connectivity index (χ2v) is 8.12. The summed E-state index contributed by atoms with van der Waals surface area (Å²) in [5, 5.41) is 6.47. The molecule has 0 heterocycles. The molecule has 1 fully saturated rings. The predicted molar refractivity (Wildman–Crippen MR) is 93.6 cm³/mol. The molecule has 1 aliphatic rings. The number of nitrogens with one attached hydrogen (secondary N) is 2. The lowest BCUT2D eigenvalue weighted by atomic mass is 9.92. The van der Waals surface area contributed by atoms with Crippen molar-refractivity contribution >= 4 is 6.09 Å². The van der Waals surface area contributed by atoms with Crippen LogP contribution in [0.25, 0.3) is 0 Å². The van der Waals surface area contributed by atoms with Crippen LogP contribution in [-0.4, -0.2) is 44.5 Å². The molecule has 0 radical (unpaired) electrons. The Morgan fingerprint density at radius 2 is 1.91 bits per heavy atom. The average Bonchev–Trinajstić information content (AvgIpc) is 3.20. The summed E-state index contributed by atoms with van der Waals surface area (Å²) >= 11 is 0. The van der Waals surface area contributed by atoms with Crippen molar-refractivity contribution in [3.05, 3.63) is 0 Å². The molecule has 0 aromatic heterocycles. The Kier molecular flexibility index (Phi) is 7.81. The van der Waals surface area contributed by atoms with Crippen LogP contribution in [0.4, 0.5) is 4.79 Å². The van der Waals surface area contributed by atoms with Crippen LogP contribution < -0.4 is 10.6 Å². The zero-order chi connectivity index (χ0) is 17.5. The summed E-state index contributed by atoms with van der Waals surface area (Å²) in [4.78, 5) is 11.6. The first-order valence-electron chi connectivity index (χ1n) is 8.88. The Morgan fingerprint density at radius 3 is 2.39 bits per heavy atom. The number of carbonyl (C=O) groups is 1. The number of amides is 1. The molecule has 5 nitrogen and oxygen atoms in total. The summed E-state index contributed by atoms with van der Waals surface area (Å²) in [5.74, 6) is 0.729. The van der Waals surface area contributed by atoms with Gasteiger partial charge in [0.2, 0.25) is 0 Å². The normalized spacial score (nSPS) is 17.9. The summed E-state index contributed by atoms with van der Waals surface area (Å²) in [6.07, 6.45) is 4.22. The number of rotatable bonds is 10. The van der Waals surface area contributed by atoms with E-state index >= 15 is 0 Å². The van der Waals surface area contributed by atoms with Crippen LogP contribution in [0, 0.1) is 11.3 Å². The Bertz CT molecular complexity index is 360. The van der Waals surface area contributed by atoms with Gasteiger partial charge in [0.05, 0.1) is 6.61 Å². The largest absolute Gasteiger partial charge is 0.444 e. The number of hydrogen-bond donors (Lipinski definition) is 2. The molecule has 0 saturated heterocycles. The molecule has 5 heteroatoms. The van der Waals surface area contributed by atoms with Gasteiger partial charge in [0.25, 0.3) is 0 Å². The molecular formula is C18H36N2O3.